The fourth-order valence-corrected chi connectivity index (χ4v) is 2.50. The summed E-state index contributed by atoms with van der Waals surface area (Å²) in [6, 6.07) is 12.8. The lowest BCUT2D eigenvalue weighted by Crippen LogP contribution is -2.35. The molecule has 0 radical (unpaired) electrons. The quantitative estimate of drug-likeness (QED) is 0.853. The molecule has 0 amide bonds. The highest BCUT2D eigenvalue weighted by atomic mass is 32.1. The van der Waals surface area contributed by atoms with Crippen molar-refractivity contribution in [2.75, 3.05) is 0 Å². The molecule has 1 aromatic heterocycles. The Labute approximate surface area is 125 Å². The van der Waals surface area contributed by atoms with E-state index in [1.165, 1.54) is 16.0 Å². The molecule has 0 fully saturated rings. The molecule has 3 heteroatoms. The van der Waals surface area contributed by atoms with Crippen LogP contribution < -0.4 is 5.32 Å². The van der Waals surface area contributed by atoms with Crippen LogP contribution in [-0.2, 0) is 24.5 Å². The van der Waals surface area contributed by atoms with Crippen molar-refractivity contribution in [3.8, 4) is 0 Å². The molecule has 2 rings (SSSR count). The van der Waals surface area contributed by atoms with Crippen molar-refractivity contribution in [3.05, 3.63) is 57.8 Å². The van der Waals surface area contributed by atoms with Crippen LogP contribution in [0.3, 0.4) is 0 Å². The van der Waals surface area contributed by atoms with Gasteiger partial charge in [-0.15, -0.1) is 11.3 Å². The van der Waals surface area contributed by atoms with Gasteiger partial charge in [-0.2, -0.15) is 0 Å². The molecule has 1 N–H and O–H groups in total. The van der Waals surface area contributed by atoms with Gasteiger partial charge in [-0.05, 0) is 43.3 Å². The summed E-state index contributed by atoms with van der Waals surface area (Å²) in [6.07, 6.45) is 0. The van der Waals surface area contributed by atoms with Gasteiger partial charge in [0.15, 0.2) is 0 Å². The molecule has 0 aliphatic heterocycles. The average molecular weight is 289 g/mol. The van der Waals surface area contributed by atoms with E-state index in [9.17, 15) is 0 Å². The zero-order valence-corrected chi connectivity index (χ0v) is 13.3. The van der Waals surface area contributed by atoms with Crippen LogP contribution in [0.2, 0.25) is 0 Å². The highest BCUT2D eigenvalue weighted by Crippen LogP contribution is 2.13. The Kier molecular flexibility index (Phi) is 5.35. The van der Waals surface area contributed by atoms with Crippen LogP contribution in [0.25, 0.3) is 0 Å². The molecule has 20 heavy (non-hydrogen) atoms. The lowest BCUT2D eigenvalue weighted by atomic mass is 10.1. The fraction of sp³-hybridized carbons (Fsp3) is 0.412. The third-order valence-corrected chi connectivity index (χ3v) is 3.76. The molecule has 1 heterocycles. The summed E-state index contributed by atoms with van der Waals surface area (Å²) in [5.74, 6) is 0. The molecule has 1 aromatic carbocycles. The molecule has 2 nitrogen and oxygen atoms in total. The van der Waals surface area contributed by atoms with Gasteiger partial charge >= 0.3 is 0 Å². The third kappa shape index (κ3) is 5.45. The monoisotopic (exact) mass is 289 g/mol. The first-order valence-electron chi connectivity index (χ1n) is 6.96. The molecule has 0 aliphatic rings. The van der Waals surface area contributed by atoms with E-state index in [1.807, 2.05) is 0 Å². The van der Waals surface area contributed by atoms with E-state index in [4.69, 9.17) is 4.74 Å². The molecule has 0 saturated heterocycles. The van der Waals surface area contributed by atoms with Crippen LogP contribution in [0.15, 0.2) is 41.8 Å². The van der Waals surface area contributed by atoms with Crippen molar-refractivity contribution in [1.29, 1.82) is 0 Å². The molecule has 0 atom stereocenters. The Bertz CT molecular complexity index is 514. The van der Waals surface area contributed by atoms with Gasteiger partial charge in [0.1, 0.15) is 0 Å². The predicted molar refractivity (Wildman–Crippen MR) is 85.8 cm³/mol. The Morgan fingerprint density at radius 3 is 2.55 bits per heavy atom. The molecule has 0 saturated carbocycles. The van der Waals surface area contributed by atoms with Gasteiger partial charge in [-0.1, -0.05) is 30.3 Å². The van der Waals surface area contributed by atoms with Crippen molar-refractivity contribution >= 4 is 11.3 Å². The van der Waals surface area contributed by atoms with E-state index in [0.717, 1.165) is 6.54 Å². The molecule has 0 unspecified atom stereocenters. The molecule has 0 aliphatic carbocycles. The van der Waals surface area contributed by atoms with Gasteiger partial charge < -0.3 is 10.1 Å². The topological polar surface area (TPSA) is 21.3 Å². The summed E-state index contributed by atoms with van der Waals surface area (Å²) in [5.41, 5.74) is 2.68. The number of hydrogen-bond acceptors (Lipinski definition) is 3. The highest BCUT2D eigenvalue weighted by Gasteiger charge is 2.08. The average Bonchev–Trinajstić information content (AvgIpc) is 2.89. The van der Waals surface area contributed by atoms with Crippen molar-refractivity contribution in [2.45, 2.75) is 46.1 Å². The Balaban J connectivity index is 1.83. The zero-order valence-electron chi connectivity index (χ0n) is 12.5. The molecule has 2 aromatic rings. The van der Waals surface area contributed by atoms with Crippen LogP contribution in [0.4, 0.5) is 0 Å². The van der Waals surface area contributed by atoms with Gasteiger partial charge in [-0.3, -0.25) is 0 Å². The first kappa shape index (κ1) is 15.2. The summed E-state index contributed by atoms with van der Waals surface area (Å²) >= 11 is 1.74. The maximum atomic E-state index is 5.75. The van der Waals surface area contributed by atoms with Crippen LogP contribution in [0.5, 0.6) is 0 Å². The van der Waals surface area contributed by atoms with Crippen LogP contribution >= 0.6 is 11.3 Å². The normalized spacial score (nSPS) is 11.8. The second kappa shape index (κ2) is 7.02. The standard InChI is InChI=1S/C17H23NOS/c1-17(2,3)18-11-14-6-4-7-15(10-14)12-19-13-16-8-5-9-20-16/h4-10,18H,11-13H2,1-3H3. The summed E-state index contributed by atoms with van der Waals surface area (Å²) in [5, 5.41) is 5.59. The minimum atomic E-state index is 0.145. The second-order valence-electron chi connectivity index (χ2n) is 6.00. The van der Waals surface area contributed by atoms with E-state index in [-0.39, 0.29) is 5.54 Å². The maximum Gasteiger partial charge on any atom is 0.0813 e. The summed E-state index contributed by atoms with van der Waals surface area (Å²) < 4.78 is 5.75. The minimum Gasteiger partial charge on any atom is -0.371 e. The molecule has 0 bridgehead atoms. The van der Waals surface area contributed by atoms with Crippen molar-refractivity contribution < 1.29 is 4.74 Å². The number of ether oxygens (including phenoxy) is 1. The Morgan fingerprint density at radius 2 is 1.85 bits per heavy atom. The first-order chi connectivity index (χ1) is 9.53. The van der Waals surface area contributed by atoms with Crippen molar-refractivity contribution in [3.63, 3.8) is 0 Å². The van der Waals surface area contributed by atoms with Gasteiger partial charge in [0, 0.05) is 17.0 Å². The molecular formula is C17H23NOS. The lowest BCUT2D eigenvalue weighted by molar-refractivity contribution is 0.109. The van der Waals surface area contributed by atoms with Gasteiger partial charge in [-0.25, -0.2) is 0 Å². The van der Waals surface area contributed by atoms with E-state index in [2.05, 4.69) is 67.9 Å². The first-order valence-corrected chi connectivity index (χ1v) is 7.84. The van der Waals surface area contributed by atoms with Crippen molar-refractivity contribution in [1.82, 2.24) is 5.32 Å². The van der Waals surface area contributed by atoms with Gasteiger partial charge in [0.05, 0.1) is 13.2 Å². The summed E-state index contributed by atoms with van der Waals surface area (Å²) in [7, 11) is 0. The highest BCUT2D eigenvalue weighted by molar-refractivity contribution is 7.09. The second-order valence-corrected chi connectivity index (χ2v) is 7.03. The van der Waals surface area contributed by atoms with E-state index >= 15 is 0 Å². The van der Waals surface area contributed by atoms with E-state index in [1.54, 1.807) is 11.3 Å². The van der Waals surface area contributed by atoms with Crippen LogP contribution in [0, 0.1) is 0 Å². The SMILES string of the molecule is CC(C)(C)NCc1cccc(COCc2cccs2)c1. The number of nitrogens with one attached hydrogen (secondary N) is 1. The molecular weight excluding hydrogens is 266 g/mol. The van der Waals surface area contributed by atoms with Crippen molar-refractivity contribution in [2.24, 2.45) is 0 Å². The largest absolute Gasteiger partial charge is 0.371 e. The summed E-state index contributed by atoms with van der Waals surface area (Å²) in [4.78, 5) is 1.27. The Hall–Kier alpha value is -1.16. The lowest BCUT2D eigenvalue weighted by Gasteiger charge is -2.20. The Morgan fingerprint density at radius 1 is 1.05 bits per heavy atom. The van der Waals surface area contributed by atoms with E-state index in [0.29, 0.717) is 13.2 Å². The predicted octanol–water partition coefficient (Wildman–Crippen LogP) is 4.35. The third-order valence-electron chi connectivity index (χ3n) is 2.91. The van der Waals surface area contributed by atoms with Crippen LogP contribution in [0.1, 0.15) is 36.8 Å². The number of benzene rings is 1. The fourth-order valence-electron chi connectivity index (χ4n) is 1.86. The van der Waals surface area contributed by atoms with Gasteiger partial charge in [0.25, 0.3) is 0 Å². The van der Waals surface area contributed by atoms with Gasteiger partial charge in [0.2, 0.25) is 0 Å². The van der Waals surface area contributed by atoms with E-state index < -0.39 is 0 Å². The molecule has 0 spiro atoms. The minimum absolute atomic E-state index is 0.145. The maximum absolute atomic E-state index is 5.75. The smallest absolute Gasteiger partial charge is 0.0813 e. The molecule has 108 valence electrons. The van der Waals surface area contributed by atoms with Crippen LogP contribution in [-0.4, -0.2) is 5.54 Å². The number of thiophene rings is 1. The zero-order chi connectivity index (χ0) is 14.4. The number of hydrogen-bond donors (Lipinski definition) is 1. The summed E-state index contributed by atoms with van der Waals surface area (Å²) in [6.45, 7) is 8.80. The number of rotatable bonds is 6.